The number of carboxylic acid groups (broad SMARTS) is 1. The molecule has 0 atom stereocenters. The zero-order valence-electron chi connectivity index (χ0n) is 22.3. The number of carboxylic acids is 1. The number of aromatic nitrogens is 1. The highest BCUT2D eigenvalue weighted by atomic mass is 32.2. The minimum absolute atomic E-state index is 0.0302. The first-order valence-corrected chi connectivity index (χ1v) is 13.8. The number of benzene rings is 1. The quantitative estimate of drug-likeness (QED) is 0.366. The van der Waals surface area contributed by atoms with Gasteiger partial charge in [-0.3, -0.25) is 9.59 Å². The molecule has 0 unspecified atom stereocenters. The third-order valence-electron chi connectivity index (χ3n) is 7.01. The summed E-state index contributed by atoms with van der Waals surface area (Å²) in [7, 11) is 2.06. The van der Waals surface area contributed by atoms with Gasteiger partial charge < -0.3 is 25.2 Å². The number of H-pyrrole nitrogens is 1. The maximum Gasteiger partial charge on any atom is 0.335 e. The number of hydrogen-bond donors (Lipinski definition) is 3. The second kappa shape index (κ2) is 11.9. The lowest BCUT2D eigenvalue weighted by Crippen LogP contribution is -2.47. The van der Waals surface area contributed by atoms with E-state index in [1.807, 2.05) is 56.0 Å². The van der Waals surface area contributed by atoms with Gasteiger partial charge >= 0.3 is 5.97 Å². The Morgan fingerprint density at radius 2 is 1.76 bits per heavy atom. The largest absolute Gasteiger partial charge is 0.478 e. The van der Waals surface area contributed by atoms with Crippen molar-refractivity contribution >= 4 is 35.6 Å². The molecule has 2 aliphatic heterocycles. The first-order valence-electron chi connectivity index (χ1n) is 12.7. The molecule has 1 aromatic heterocycles. The fraction of sp³-hybridized carbons (Fsp3) is 0.345. The summed E-state index contributed by atoms with van der Waals surface area (Å²) in [5.41, 5.74) is 6.57. The summed E-state index contributed by atoms with van der Waals surface area (Å²) in [5, 5.41) is 12.0. The van der Waals surface area contributed by atoms with Crippen LogP contribution in [0, 0.1) is 13.8 Å². The number of piperazine rings is 1. The van der Waals surface area contributed by atoms with Crippen molar-refractivity contribution in [1.82, 2.24) is 20.1 Å². The molecule has 2 aromatic rings. The predicted molar refractivity (Wildman–Crippen MR) is 151 cm³/mol. The van der Waals surface area contributed by atoms with E-state index in [0.29, 0.717) is 30.0 Å². The number of nitrogens with zero attached hydrogens (tertiary/aromatic N) is 2. The molecule has 1 aromatic carbocycles. The van der Waals surface area contributed by atoms with Crippen molar-refractivity contribution in [3.8, 4) is 0 Å². The Morgan fingerprint density at radius 1 is 1.08 bits per heavy atom. The molecule has 3 N–H and O–H groups in total. The van der Waals surface area contributed by atoms with Crippen LogP contribution >= 0.6 is 11.8 Å². The number of hydrogen-bond acceptors (Lipinski definition) is 5. The second-order valence-corrected chi connectivity index (χ2v) is 10.6. The van der Waals surface area contributed by atoms with Crippen molar-refractivity contribution in [3.05, 3.63) is 86.9 Å². The monoisotopic (exact) mass is 534 g/mol. The van der Waals surface area contributed by atoms with E-state index in [0.717, 1.165) is 52.6 Å². The van der Waals surface area contributed by atoms with Crippen LogP contribution in [0.3, 0.4) is 0 Å². The second-order valence-electron chi connectivity index (χ2n) is 9.61. The summed E-state index contributed by atoms with van der Waals surface area (Å²) in [6, 6.07) is 6.87. The maximum atomic E-state index is 13.3. The van der Waals surface area contributed by atoms with Crippen LogP contribution in [-0.4, -0.2) is 76.7 Å². The molecule has 3 heterocycles. The molecular formula is C29H34N4O4S. The van der Waals surface area contributed by atoms with E-state index >= 15 is 0 Å². The van der Waals surface area contributed by atoms with Gasteiger partial charge in [0, 0.05) is 60.3 Å². The molecule has 2 fully saturated rings. The average Bonchev–Trinajstić information content (AvgIpc) is 3.36. The molecule has 9 heteroatoms. The van der Waals surface area contributed by atoms with Gasteiger partial charge in [-0.2, -0.15) is 11.8 Å². The number of amides is 2. The molecule has 2 amide bonds. The fourth-order valence-electron chi connectivity index (χ4n) is 4.73. The predicted octanol–water partition coefficient (Wildman–Crippen LogP) is 3.99. The average molecular weight is 535 g/mol. The van der Waals surface area contributed by atoms with Crippen molar-refractivity contribution in [2.75, 3.05) is 39.0 Å². The molecule has 0 aliphatic carbocycles. The Morgan fingerprint density at radius 3 is 2.39 bits per heavy atom. The molecule has 200 valence electrons. The van der Waals surface area contributed by atoms with E-state index < -0.39 is 5.97 Å². The Kier molecular flexibility index (Phi) is 8.58. The van der Waals surface area contributed by atoms with Gasteiger partial charge in [-0.15, -0.1) is 0 Å². The number of nitrogens with one attached hydrogen (secondary N) is 2. The standard InChI is InChI=1S/C29H34N4O4S/c1-5-24-22(10-15-38-17-20-6-8-21(9-7-20)29(36)37)23(27(34)31-24)16-25-18(2)26(19(3)30-25)28(35)33-13-11-32(4)12-14-33/h5-10,16,30H,11-15,17H2,1-4H3,(H,31,34)(H,36,37)/b22-10-,23-16-,24-5+. The summed E-state index contributed by atoms with van der Waals surface area (Å²) in [5.74, 6) is 0.325. The lowest BCUT2D eigenvalue weighted by atomic mass is 10.0. The number of carbonyl (C=O) groups is 3. The number of rotatable bonds is 7. The molecule has 8 nitrogen and oxygen atoms in total. The lowest BCUT2D eigenvalue weighted by molar-refractivity contribution is -0.115. The van der Waals surface area contributed by atoms with Gasteiger partial charge in [0.2, 0.25) is 0 Å². The normalized spacial score (nSPS) is 19.5. The highest BCUT2D eigenvalue weighted by molar-refractivity contribution is 7.98. The van der Waals surface area contributed by atoms with Crippen LogP contribution in [-0.2, 0) is 10.5 Å². The van der Waals surface area contributed by atoms with E-state index in [9.17, 15) is 14.4 Å². The maximum absolute atomic E-state index is 13.3. The zero-order valence-corrected chi connectivity index (χ0v) is 23.1. The molecule has 0 saturated carbocycles. The number of aryl methyl sites for hydroxylation is 1. The number of aromatic amines is 1. The minimum atomic E-state index is -0.936. The number of carbonyl (C=O) groups excluding carboxylic acids is 2. The molecule has 2 saturated heterocycles. The molecule has 4 rings (SSSR count). The van der Waals surface area contributed by atoms with Gasteiger partial charge in [-0.25, -0.2) is 4.79 Å². The van der Waals surface area contributed by atoms with Gasteiger partial charge in [0.05, 0.1) is 16.7 Å². The summed E-state index contributed by atoms with van der Waals surface area (Å²) < 4.78 is 0. The summed E-state index contributed by atoms with van der Waals surface area (Å²) in [4.78, 5) is 44.7. The van der Waals surface area contributed by atoms with Gasteiger partial charge in [0.25, 0.3) is 11.8 Å². The topological polar surface area (TPSA) is 106 Å². The van der Waals surface area contributed by atoms with Crippen molar-refractivity contribution in [2.24, 2.45) is 0 Å². The summed E-state index contributed by atoms with van der Waals surface area (Å²) in [6.07, 6.45) is 5.77. The van der Waals surface area contributed by atoms with Crippen molar-refractivity contribution in [1.29, 1.82) is 0 Å². The van der Waals surface area contributed by atoms with Crippen molar-refractivity contribution < 1.29 is 19.5 Å². The smallest absolute Gasteiger partial charge is 0.335 e. The lowest BCUT2D eigenvalue weighted by Gasteiger charge is -2.32. The Bertz CT molecular complexity index is 1330. The van der Waals surface area contributed by atoms with E-state index in [1.165, 1.54) is 0 Å². The van der Waals surface area contributed by atoms with E-state index in [2.05, 4.69) is 22.2 Å². The third-order valence-corrected chi connectivity index (χ3v) is 7.95. The van der Waals surface area contributed by atoms with Crippen LogP contribution in [0.4, 0.5) is 0 Å². The molecule has 0 spiro atoms. The Hall–Kier alpha value is -3.56. The molecule has 0 bridgehead atoms. The van der Waals surface area contributed by atoms with Crippen molar-refractivity contribution in [3.63, 3.8) is 0 Å². The Labute approximate surface area is 227 Å². The summed E-state index contributed by atoms with van der Waals surface area (Å²) >= 11 is 1.68. The highest BCUT2D eigenvalue weighted by Gasteiger charge is 2.29. The number of aromatic carboxylic acids is 1. The van der Waals surface area contributed by atoms with Crippen LogP contribution < -0.4 is 5.32 Å². The molecule has 0 radical (unpaired) electrons. The van der Waals surface area contributed by atoms with Gasteiger partial charge in [0.15, 0.2) is 0 Å². The van der Waals surface area contributed by atoms with Crippen LogP contribution in [0.2, 0.25) is 0 Å². The third kappa shape index (κ3) is 5.95. The van der Waals surface area contributed by atoms with Crippen LogP contribution in [0.25, 0.3) is 6.08 Å². The highest BCUT2D eigenvalue weighted by Crippen LogP contribution is 2.30. The first kappa shape index (κ1) is 27.5. The molecular weight excluding hydrogens is 500 g/mol. The SMILES string of the molecule is C/C=C1/NC(=O)C(=C\c2[nH]c(C)c(C(=O)N3CCN(C)CC3)c2C)/C1=C/CSCc1ccc(C(=O)O)cc1. The number of thioether (sulfide) groups is 1. The molecule has 2 aliphatic rings. The van der Waals surface area contributed by atoms with Gasteiger partial charge in [-0.1, -0.05) is 24.3 Å². The van der Waals surface area contributed by atoms with Crippen LogP contribution in [0.5, 0.6) is 0 Å². The number of allylic oxidation sites excluding steroid dienone is 2. The van der Waals surface area contributed by atoms with Gasteiger partial charge in [-0.05, 0) is 57.2 Å². The van der Waals surface area contributed by atoms with Gasteiger partial charge in [0.1, 0.15) is 0 Å². The van der Waals surface area contributed by atoms with Crippen molar-refractivity contribution in [2.45, 2.75) is 26.5 Å². The number of likely N-dealkylation sites (N-methyl/N-ethyl adjacent to an activating group) is 1. The van der Waals surface area contributed by atoms with E-state index in [1.54, 1.807) is 23.9 Å². The minimum Gasteiger partial charge on any atom is -0.478 e. The fourth-order valence-corrected chi connectivity index (χ4v) is 5.56. The molecule has 38 heavy (non-hydrogen) atoms. The Balaban J connectivity index is 1.52. The van der Waals surface area contributed by atoms with E-state index in [-0.39, 0.29) is 17.4 Å². The first-order chi connectivity index (χ1) is 18.2. The zero-order chi connectivity index (χ0) is 27.4. The summed E-state index contributed by atoms with van der Waals surface area (Å²) in [6.45, 7) is 8.85. The van der Waals surface area contributed by atoms with Crippen LogP contribution in [0.15, 0.2) is 53.3 Å². The van der Waals surface area contributed by atoms with Crippen LogP contribution in [0.1, 0.15) is 50.2 Å². The van der Waals surface area contributed by atoms with E-state index in [4.69, 9.17) is 5.11 Å².